The van der Waals surface area contributed by atoms with Crippen molar-refractivity contribution >= 4 is 12.1 Å². The zero-order valence-electron chi connectivity index (χ0n) is 8.03. The van der Waals surface area contributed by atoms with Gasteiger partial charge in [0.2, 0.25) is 0 Å². The maximum absolute atomic E-state index is 11.1. The zero-order chi connectivity index (χ0) is 10.4. The van der Waals surface area contributed by atoms with Crippen molar-refractivity contribution in [3.8, 4) is 5.75 Å². The van der Waals surface area contributed by atoms with Crippen molar-refractivity contribution in [2.24, 2.45) is 0 Å². The van der Waals surface area contributed by atoms with Gasteiger partial charge in [-0.15, -0.1) is 0 Å². The van der Waals surface area contributed by atoms with Crippen LogP contribution in [0, 0.1) is 0 Å². The summed E-state index contributed by atoms with van der Waals surface area (Å²) >= 11 is 0. The van der Waals surface area contributed by atoms with Crippen molar-refractivity contribution in [2.45, 2.75) is 12.8 Å². The van der Waals surface area contributed by atoms with E-state index in [-0.39, 0.29) is 18.6 Å². The first-order chi connectivity index (χ1) is 6.76. The highest BCUT2D eigenvalue weighted by Gasteiger charge is 2.03. The third-order valence-corrected chi connectivity index (χ3v) is 1.85. The van der Waals surface area contributed by atoms with E-state index in [4.69, 9.17) is 4.74 Å². The van der Waals surface area contributed by atoms with Gasteiger partial charge in [0.25, 0.3) is 0 Å². The topological polar surface area (TPSA) is 43.4 Å². The molecule has 0 unspecified atom stereocenters. The summed E-state index contributed by atoms with van der Waals surface area (Å²) in [5, 5.41) is 0. The minimum atomic E-state index is -0.0757. The normalized spacial score (nSPS) is 9.50. The average Bonchev–Trinajstić information content (AvgIpc) is 2.18. The molecule has 1 aromatic carbocycles. The third-order valence-electron chi connectivity index (χ3n) is 1.85. The molecule has 0 amide bonds. The van der Waals surface area contributed by atoms with E-state index < -0.39 is 0 Å². The number of hydrogen-bond donors (Lipinski definition) is 0. The Labute approximate surface area is 82.7 Å². The molecular weight excluding hydrogens is 180 g/mol. The molecule has 0 aromatic heterocycles. The highest BCUT2D eigenvalue weighted by Crippen LogP contribution is 2.13. The average molecular weight is 192 g/mol. The van der Waals surface area contributed by atoms with Crippen LogP contribution < -0.4 is 4.74 Å². The van der Waals surface area contributed by atoms with Gasteiger partial charge >= 0.3 is 0 Å². The Balaban J connectivity index is 2.66. The molecule has 0 bridgehead atoms. The molecule has 74 valence electrons. The van der Waals surface area contributed by atoms with Gasteiger partial charge in [0.1, 0.15) is 17.8 Å². The first-order valence-corrected chi connectivity index (χ1v) is 4.34. The Morgan fingerprint density at radius 2 is 2.29 bits per heavy atom. The van der Waals surface area contributed by atoms with Crippen LogP contribution in [-0.2, 0) is 16.0 Å². The number of carbonyl (C=O) groups excluding carboxylic acids is 2. The quantitative estimate of drug-likeness (QED) is 0.523. The number of methoxy groups -OCH3 is 1. The Hall–Kier alpha value is -1.64. The first-order valence-electron chi connectivity index (χ1n) is 4.34. The minimum absolute atomic E-state index is 0.0167. The van der Waals surface area contributed by atoms with Crippen LogP contribution in [-0.4, -0.2) is 19.2 Å². The predicted octanol–water partition coefficient (Wildman–Crippen LogP) is 1.40. The molecule has 0 heterocycles. The maximum Gasteiger partial charge on any atom is 0.144 e. The molecule has 1 rings (SSSR count). The molecule has 0 aliphatic heterocycles. The fourth-order valence-electron chi connectivity index (χ4n) is 1.18. The Kier molecular flexibility index (Phi) is 3.85. The van der Waals surface area contributed by atoms with Crippen LogP contribution in [0.25, 0.3) is 0 Å². The predicted molar refractivity (Wildman–Crippen MR) is 52.4 cm³/mol. The molecular formula is C11H12O3. The van der Waals surface area contributed by atoms with Crippen LogP contribution in [0.3, 0.4) is 0 Å². The summed E-state index contributed by atoms with van der Waals surface area (Å²) in [7, 11) is 1.58. The van der Waals surface area contributed by atoms with Gasteiger partial charge in [-0.1, -0.05) is 12.1 Å². The van der Waals surface area contributed by atoms with Crippen molar-refractivity contribution in [3.05, 3.63) is 29.8 Å². The summed E-state index contributed by atoms with van der Waals surface area (Å²) in [6.07, 6.45) is 0.898. The summed E-state index contributed by atoms with van der Waals surface area (Å²) in [5.41, 5.74) is 0.871. The Morgan fingerprint density at radius 3 is 2.93 bits per heavy atom. The molecule has 0 N–H and O–H groups in total. The van der Waals surface area contributed by atoms with Crippen LogP contribution >= 0.6 is 0 Å². The molecule has 0 radical (unpaired) electrons. The van der Waals surface area contributed by atoms with Gasteiger partial charge in [-0.2, -0.15) is 0 Å². The van der Waals surface area contributed by atoms with E-state index in [0.717, 1.165) is 11.3 Å². The molecule has 0 aliphatic carbocycles. The fourth-order valence-corrected chi connectivity index (χ4v) is 1.18. The van der Waals surface area contributed by atoms with Gasteiger partial charge in [-0.05, 0) is 17.7 Å². The zero-order valence-corrected chi connectivity index (χ0v) is 8.03. The highest BCUT2D eigenvalue weighted by atomic mass is 16.5. The van der Waals surface area contributed by atoms with Crippen LogP contribution in [0.2, 0.25) is 0 Å². The van der Waals surface area contributed by atoms with Gasteiger partial charge < -0.3 is 9.53 Å². The molecule has 0 saturated heterocycles. The van der Waals surface area contributed by atoms with Crippen LogP contribution in [0.4, 0.5) is 0 Å². The highest BCUT2D eigenvalue weighted by molar-refractivity contribution is 5.91. The smallest absolute Gasteiger partial charge is 0.144 e. The molecule has 0 atom stereocenters. The van der Waals surface area contributed by atoms with Gasteiger partial charge in [0.05, 0.1) is 13.5 Å². The van der Waals surface area contributed by atoms with Gasteiger partial charge in [-0.3, -0.25) is 4.79 Å². The van der Waals surface area contributed by atoms with Crippen molar-refractivity contribution in [2.75, 3.05) is 7.11 Å². The molecule has 3 nitrogen and oxygen atoms in total. The number of carbonyl (C=O) groups is 2. The van der Waals surface area contributed by atoms with E-state index in [1.54, 1.807) is 13.2 Å². The second-order valence-corrected chi connectivity index (χ2v) is 2.94. The molecule has 0 spiro atoms. The molecule has 0 fully saturated rings. The number of rotatable bonds is 5. The maximum atomic E-state index is 11.1. The molecule has 3 heteroatoms. The van der Waals surface area contributed by atoms with Gasteiger partial charge in [0, 0.05) is 6.42 Å². The second-order valence-electron chi connectivity index (χ2n) is 2.94. The summed E-state index contributed by atoms with van der Waals surface area (Å²) in [6.45, 7) is 0. The van der Waals surface area contributed by atoms with Crippen LogP contribution in [0.5, 0.6) is 5.75 Å². The molecule has 1 aromatic rings. The van der Waals surface area contributed by atoms with Gasteiger partial charge in [-0.25, -0.2) is 0 Å². The van der Waals surface area contributed by atoms with Crippen LogP contribution in [0.15, 0.2) is 24.3 Å². The third kappa shape index (κ3) is 3.01. The fraction of sp³-hybridized carbons (Fsp3) is 0.273. The van der Waals surface area contributed by atoms with Crippen molar-refractivity contribution in [1.29, 1.82) is 0 Å². The lowest BCUT2D eigenvalue weighted by molar-refractivity contribution is -0.121. The number of aldehydes is 1. The summed E-state index contributed by atoms with van der Waals surface area (Å²) in [5.74, 6) is 0.648. The van der Waals surface area contributed by atoms with E-state index in [1.165, 1.54) is 0 Å². The molecule has 0 aliphatic rings. The molecule has 0 saturated carbocycles. The Bertz CT molecular complexity index is 331. The second kappa shape index (κ2) is 5.17. The van der Waals surface area contributed by atoms with E-state index in [9.17, 15) is 9.59 Å². The minimum Gasteiger partial charge on any atom is -0.497 e. The van der Waals surface area contributed by atoms with E-state index in [0.29, 0.717) is 6.29 Å². The summed E-state index contributed by atoms with van der Waals surface area (Å²) in [6, 6.07) is 7.27. The van der Waals surface area contributed by atoms with Crippen LogP contribution in [0.1, 0.15) is 12.0 Å². The molecule has 14 heavy (non-hydrogen) atoms. The summed E-state index contributed by atoms with van der Waals surface area (Å²) in [4.78, 5) is 21.2. The number of ketones is 1. The lowest BCUT2D eigenvalue weighted by atomic mass is 10.1. The number of hydrogen-bond acceptors (Lipinski definition) is 3. The number of benzene rings is 1. The van der Waals surface area contributed by atoms with Crippen molar-refractivity contribution in [1.82, 2.24) is 0 Å². The van der Waals surface area contributed by atoms with E-state index >= 15 is 0 Å². The number of Topliss-reactive ketones (excluding diaryl/α,β-unsaturated/α-hetero) is 1. The Morgan fingerprint density at radius 1 is 1.50 bits per heavy atom. The van der Waals surface area contributed by atoms with Gasteiger partial charge in [0.15, 0.2) is 0 Å². The first kappa shape index (κ1) is 10.4. The monoisotopic (exact) mass is 192 g/mol. The standard InChI is InChI=1S/C11H12O3/c1-14-11-4-2-3-9(8-11)7-10(13)5-6-12/h2-4,6,8H,5,7H2,1H3. The largest absolute Gasteiger partial charge is 0.497 e. The van der Waals surface area contributed by atoms with E-state index in [2.05, 4.69) is 0 Å². The number of ether oxygens (including phenoxy) is 1. The van der Waals surface area contributed by atoms with Crippen molar-refractivity contribution < 1.29 is 14.3 Å². The van der Waals surface area contributed by atoms with E-state index in [1.807, 2.05) is 18.2 Å². The SMILES string of the molecule is COc1cccc(CC(=O)CC=O)c1. The lowest BCUT2D eigenvalue weighted by Gasteiger charge is -2.02. The lowest BCUT2D eigenvalue weighted by Crippen LogP contribution is -2.02. The van der Waals surface area contributed by atoms with Crippen molar-refractivity contribution in [3.63, 3.8) is 0 Å². The summed E-state index contributed by atoms with van der Waals surface area (Å²) < 4.78 is 5.02.